The second-order valence-corrected chi connectivity index (χ2v) is 9.12. The van der Waals surface area contributed by atoms with Crippen LogP contribution in [0.3, 0.4) is 0 Å². The predicted molar refractivity (Wildman–Crippen MR) is 129 cm³/mol. The van der Waals surface area contributed by atoms with Crippen molar-refractivity contribution in [2.45, 2.75) is 77.5 Å². The lowest BCUT2D eigenvalue weighted by atomic mass is 9.88. The van der Waals surface area contributed by atoms with E-state index in [0.29, 0.717) is 18.4 Å². The van der Waals surface area contributed by atoms with Crippen molar-refractivity contribution in [2.24, 2.45) is 11.8 Å². The first-order chi connectivity index (χ1) is 15.4. The number of rotatable bonds is 14. The van der Waals surface area contributed by atoms with Crippen LogP contribution in [0.5, 0.6) is 11.8 Å². The maximum absolute atomic E-state index is 12.4. The highest BCUT2D eigenvalue weighted by atomic mass is 35.5. The molecule has 0 aliphatic heterocycles. The van der Waals surface area contributed by atoms with Crippen LogP contribution in [0, 0.1) is 11.8 Å². The Balaban J connectivity index is 1.74. The SMILES string of the molecule is CCC(C)CCCCCCOc1ncc(C(C)[C@H](C)[C@H](Cl)C(=O)Oc2ccccc2)cn1. The molecule has 0 aliphatic rings. The summed E-state index contributed by atoms with van der Waals surface area (Å²) in [6, 6.07) is 9.34. The van der Waals surface area contributed by atoms with Gasteiger partial charge in [0.05, 0.1) is 6.61 Å². The molecule has 0 amide bonds. The van der Waals surface area contributed by atoms with E-state index in [1.165, 1.54) is 32.1 Å². The molecular formula is C26H37ClN2O3. The van der Waals surface area contributed by atoms with Crippen molar-refractivity contribution >= 4 is 17.6 Å². The number of nitrogens with zero attached hydrogens (tertiary/aromatic N) is 2. The molecule has 0 aliphatic carbocycles. The smallest absolute Gasteiger partial charge is 0.329 e. The molecular weight excluding hydrogens is 424 g/mol. The first-order valence-corrected chi connectivity index (χ1v) is 12.2. The number of halogens is 1. The van der Waals surface area contributed by atoms with Crippen LogP contribution in [0.2, 0.25) is 0 Å². The van der Waals surface area contributed by atoms with E-state index < -0.39 is 11.3 Å². The van der Waals surface area contributed by atoms with Crippen LogP contribution < -0.4 is 9.47 Å². The normalized spacial score (nSPS) is 14.9. The number of carbonyl (C=O) groups is 1. The minimum atomic E-state index is -0.776. The molecule has 0 N–H and O–H groups in total. The Hall–Kier alpha value is -2.14. The summed E-state index contributed by atoms with van der Waals surface area (Å²) in [5.74, 6) is 0.691. The van der Waals surface area contributed by atoms with Gasteiger partial charge in [-0.25, -0.2) is 9.97 Å². The molecule has 1 aromatic carbocycles. The summed E-state index contributed by atoms with van der Waals surface area (Å²) in [5.41, 5.74) is 0.910. The van der Waals surface area contributed by atoms with Crippen LogP contribution in [-0.4, -0.2) is 27.9 Å². The van der Waals surface area contributed by atoms with E-state index in [9.17, 15) is 4.79 Å². The summed E-state index contributed by atoms with van der Waals surface area (Å²) in [5, 5.41) is -0.776. The van der Waals surface area contributed by atoms with Crippen molar-refractivity contribution in [3.05, 3.63) is 48.3 Å². The number of para-hydroxylation sites is 1. The minimum Gasteiger partial charge on any atom is -0.463 e. The van der Waals surface area contributed by atoms with Gasteiger partial charge in [-0.2, -0.15) is 0 Å². The minimum absolute atomic E-state index is 0.0135. The molecule has 0 saturated carbocycles. The standard InChI is InChI=1S/C26H37ClN2O3/c1-5-19(2)13-9-6-7-12-16-31-26-28-17-22(18-29-26)20(3)21(4)24(27)25(30)32-23-14-10-8-11-15-23/h8,10-11,14-15,17-21,24H,5-7,9,12-13,16H2,1-4H3/t19?,20?,21-,24-/m0/s1. The molecule has 4 atom stereocenters. The molecule has 0 bridgehead atoms. The van der Waals surface area contributed by atoms with Gasteiger partial charge in [0.2, 0.25) is 0 Å². The van der Waals surface area contributed by atoms with Gasteiger partial charge in [0.1, 0.15) is 11.1 Å². The Labute approximate surface area is 197 Å². The summed E-state index contributed by atoms with van der Waals surface area (Å²) in [6.07, 6.45) is 10.8. The Bertz CT molecular complexity index is 785. The molecule has 1 aromatic heterocycles. The second-order valence-electron chi connectivity index (χ2n) is 8.65. The van der Waals surface area contributed by atoms with Crippen LogP contribution in [0.25, 0.3) is 0 Å². The third-order valence-electron chi connectivity index (χ3n) is 6.13. The van der Waals surface area contributed by atoms with E-state index >= 15 is 0 Å². The number of esters is 1. The number of hydrogen-bond donors (Lipinski definition) is 0. The van der Waals surface area contributed by atoms with E-state index in [1.54, 1.807) is 24.5 Å². The summed E-state index contributed by atoms with van der Waals surface area (Å²) in [7, 11) is 0. The molecule has 2 rings (SSSR count). The fraction of sp³-hybridized carbons (Fsp3) is 0.577. The van der Waals surface area contributed by atoms with Gasteiger partial charge >= 0.3 is 12.0 Å². The van der Waals surface area contributed by atoms with Crippen molar-refractivity contribution in [2.75, 3.05) is 6.61 Å². The summed E-state index contributed by atoms with van der Waals surface area (Å²) in [6.45, 7) is 9.13. The Morgan fingerprint density at radius 1 is 1.00 bits per heavy atom. The fourth-order valence-electron chi connectivity index (χ4n) is 3.38. The predicted octanol–water partition coefficient (Wildman–Crippen LogP) is 6.80. The number of ether oxygens (including phenoxy) is 2. The molecule has 176 valence electrons. The zero-order valence-electron chi connectivity index (χ0n) is 19.8. The topological polar surface area (TPSA) is 61.3 Å². The van der Waals surface area contributed by atoms with Crippen molar-refractivity contribution in [3.63, 3.8) is 0 Å². The maximum atomic E-state index is 12.4. The Morgan fingerprint density at radius 3 is 2.31 bits per heavy atom. The number of alkyl halides is 1. The zero-order valence-corrected chi connectivity index (χ0v) is 20.6. The van der Waals surface area contributed by atoms with Crippen LogP contribution in [0.4, 0.5) is 0 Å². The molecule has 6 heteroatoms. The lowest BCUT2D eigenvalue weighted by Crippen LogP contribution is -2.30. The van der Waals surface area contributed by atoms with Gasteiger partial charge in [-0.05, 0) is 41.9 Å². The zero-order chi connectivity index (χ0) is 23.3. The molecule has 5 nitrogen and oxygen atoms in total. The van der Waals surface area contributed by atoms with Gasteiger partial charge in [-0.3, -0.25) is 4.79 Å². The van der Waals surface area contributed by atoms with Gasteiger partial charge in [-0.1, -0.05) is 78.0 Å². The highest BCUT2D eigenvalue weighted by Gasteiger charge is 2.30. The largest absolute Gasteiger partial charge is 0.463 e. The third-order valence-corrected chi connectivity index (χ3v) is 6.71. The van der Waals surface area contributed by atoms with Gasteiger partial charge in [0.25, 0.3) is 0 Å². The Kier molecular flexibility index (Phi) is 11.5. The number of carbonyl (C=O) groups excluding carboxylic acids is 1. The molecule has 32 heavy (non-hydrogen) atoms. The van der Waals surface area contributed by atoms with Gasteiger partial charge in [0.15, 0.2) is 0 Å². The van der Waals surface area contributed by atoms with Crippen LogP contribution in [0.1, 0.15) is 77.7 Å². The summed E-state index contributed by atoms with van der Waals surface area (Å²) in [4.78, 5) is 21.1. The van der Waals surface area contributed by atoms with Gasteiger partial charge in [-0.15, -0.1) is 11.6 Å². The number of aromatic nitrogens is 2. The van der Waals surface area contributed by atoms with Crippen molar-refractivity contribution in [3.8, 4) is 11.8 Å². The fourth-order valence-corrected chi connectivity index (χ4v) is 3.65. The lowest BCUT2D eigenvalue weighted by molar-refractivity contribution is -0.135. The van der Waals surface area contributed by atoms with E-state index in [1.807, 2.05) is 32.0 Å². The van der Waals surface area contributed by atoms with E-state index in [4.69, 9.17) is 21.1 Å². The molecule has 2 aromatic rings. The molecule has 2 unspecified atom stereocenters. The monoisotopic (exact) mass is 460 g/mol. The number of benzene rings is 1. The average Bonchev–Trinajstić information content (AvgIpc) is 2.82. The molecule has 0 saturated heterocycles. The summed E-state index contributed by atoms with van der Waals surface area (Å²) < 4.78 is 11.1. The first kappa shape index (κ1) is 26.1. The molecule has 0 spiro atoms. The lowest BCUT2D eigenvalue weighted by Gasteiger charge is -2.23. The van der Waals surface area contributed by atoms with Crippen molar-refractivity contribution < 1.29 is 14.3 Å². The highest BCUT2D eigenvalue weighted by Crippen LogP contribution is 2.30. The highest BCUT2D eigenvalue weighted by molar-refractivity contribution is 6.30. The molecule has 0 radical (unpaired) electrons. The van der Waals surface area contributed by atoms with Crippen LogP contribution >= 0.6 is 11.6 Å². The van der Waals surface area contributed by atoms with Crippen LogP contribution in [0.15, 0.2) is 42.7 Å². The van der Waals surface area contributed by atoms with E-state index in [-0.39, 0.29) is 11.8 Å². The van der Waals surface area contributed by atoms with Gasteiger partial charge < -0.3 is 9.47 Å². The number of unbranched alkanes of at least 4 members (excludes halogenated alkanes) is 3. The van der Waals surface area contributed by atoms with Crippen molar-refractivity contribution in [1.82, 2.24) is 9.97 Å². The Morgan fingerprint density at radius 2 is 1.66 bits per heavy atom. The molecule has 1 heterocycles. The summed E-state index contributed by atoms with van der Waals surface area (Å²) >= 11 is 6.41. The second kappa shape index (κ2) is 14.1. The quantitative estimate of drug-likeness (QED) is 0.134. The number of hydrogen-bond acceptors (Lipinski definition) is 5. The van der Waals surface area contributed by atoms with E-state index in [0.717, 1.165) is 17.9 Å². The maximum Gasteiger partial charge on any atom is 0.329 e. The van der Waals surface area contributed by atoms with E-state index in [2.05, 4.69) is 23.8 Å². The van der Waals surface area contributed by atoms with Crippen molar-refractivity contribution in [1.29, 1.82) is 0 Å². The average molecular weight is 461 g/mol. The van der Waals surface area contributed by atoms with Gasteiger partial charge in [0, 0.05) is 12.4 Å². The molecule has 0 fully saturated rings. The van der Waals surface area contributed by atoms with Crippen LogP contribution in [-0.2, 0) is 4.79 Å². The first-order valence-electron chi connectivity index (χ1n) is 11.8. The third kappa shape index (κ3) is 8.78.